The number of hydrogen-bond acceptors (Lipinski definition) is 3. The first-order valence-electron chi connectivity index (χ1n) is 4.64. The first kappa shape index (κ1) is 9.52. The van der Waals surface area contributed by atoms with Gasteiger partial charge in [0.2, 0.25) is 0 Å². The number of amidine groups is 1. The molecule has 0 aliphatic carbocycles. The van der Waals surface area contributed by atoms with E-state index in [2.05, 4.69) is 17.2 Å². The van der Waals surface area contributed by atoms with Gasteiger partial charge < -0.3 is 10.4 Å². The predicted octanol–water partition coefficient (Wildman–Crippen LogP) is 0.785. The molecule has 3 nitrogen and oxygen atoms in total. The van der Waals surface area contributed by atoms with Gasteiger partial charge in [0.15, 0.2) is 0 Å². The number of aliphatic hydroxyl groups excluding tert-OH is 1. The van der Waals surface area contributed by atoms with Gasteiger partial charge in [-0.3, -0.25) is 4.99 Å². The van der Waals surface area contributed by atoms with Crippen LogP contribution in [-0.2, 0) is 0 Å². The van der Waals surface area contributed by atoms with Gasteiger partial charge in [0.25, 0.3) is 0 Å². The largest absolute Gasteiger partial charge is 0.396 e. The molecule has 0 saturated carbocycles. The number of rotatable bonds is 3. The summed E-state index contributed by atoms with van der Waals surface area (Å²) >= 11 is 0. The lowest BCUT2D eigenvalue weighted by Gasteiger charge is -2.20. The quantitative estimate of drug-likeness (QED) is 0.657. The van der Waals surface area contributed by atoms with Crippen molar-refractivity contribution in [2.75, 3.05) is 13.2 Å². The summed E-state index contributed by atoms with van der Waals surface area (Å²) in [7, 11) is 0. The summed E-state index contributed by atoms with van der Waals surface area (Å²) in [6.45, 7) is 5.32. The van der Waals surface area contributed by atoms with E-state index in [0.29, 0.717) is 12.0 Å². The molecule has 0 spiro atoms. The van der Waals surface area contributed by atoms with Gasteiger partial charge in [-0.2, -0.15) is 0 Å². The van der Waals surface area contributed by atoms with Crippen molar-refractivity contribution in [3.05, 3.63) is 0 Å². The molecule has 0 aromatic heterocycles. The predicted molar refractivity (Wildman–Crippen MR) is 50.4 cm³/mol. The molecular formula is C9H18N2O. The molecular weight excluding hydrogens is 152 g/mol. The normalized spacial score (nSPS) is 21.8. The zero-order valence-electron chi connectivity index (χ0n) is 7.88. The Morgan fingerprint density at radius 3 is 2.83 bits per heavy atom. The van der Waals surface area contributed by atoms with E-state index < -0.39 is 0 Å². The van der Waals surface area contributed by atoms with Crippen molar-refractivity contribution in [3.63, 3.8) is 0 Å². The van der Waals surface area contributed by atoms with E-state index >= 15 is 0 Å². The highest BCUT2D eigenvalue weighted by atomic mass is 16.3. The average molecular weight is 170 g/mol. The number of hydrogen-bond donors (Lipinski definition) is 2. The molecule has 2 N–H and O–H groups in total. The van der Waals surface area contributed by atoms with Gasteiger partial charge in [0, 0.05) is 25.6 Å². The molecule has 0 amide bonds. The highest BCUT2D eigenvalue weighted by Crippen LogP contribution is 2.06. The molecule has 0 bridgehead atoms. The van der Waals surface area contributed by atoms with Crippen molar-refractivity contribution >= 4 is 5.84 Å². The lowest BCUT2D eigenvalue weighted by atomic mass is 10.1. The van der Waals surface area contributed by atoms with Crippen LogP contribution in [0.3, 0.4) is 0 Å². The van der Waals surface area contributed by atoms with E-state index in [1.807, 2.05) is 6.92 Å². The second-order valence-electron chi connectivity index (χ2n) is 3.52. The molecule has 1 heterocycles. The summed E-state index contributed by atoms with van der Waals surface area (Å²) in [4.78, 5) is 4.32. The van der Waals surface area contributed by atoms with Crippen LogP contribution >= 0.6 is 0 Å². The van der Waals surface area contributed by atoms with Crippen LogP contribution in [0.2, 0.25) is 0 Å². The molecule has 0 aromatic rings. The van der Waals surface area contributed by atoms with Gasteiger partial charge in [-0.25, -0.2) is 0 Å². The highest BCUT2D eigenvalue weighted by molar-refractivity contribution is 5.83. The van der Waals surface area contributed by atoms with E-state index in [1.54, 1.807) is 0 Å². The first-order chi connectivity index (χ1) is 5.74. The van der Waals surface area contributed by atoms with Crippen molar-refractivity contribution in [2.45, 2.75) is 32.7 Å². The Kier molecular flexibility index (Phi) is 3.53. The Labute approximate surface area is 73.9 Å². The third-order valence-electron chi connectivity index (χ3n) is 2.41. The molecule has 1 aliphatic rings. The van der Waals surface area contributed by atoms with Gasteiger partial charge in [-0.05, 0) is 19.3 Å². The number of nitrogens with one attached hydrogen (secondary N) is 1. The summed E-state index contributed by atoms with van der Waals surface area (Å²) in [5.74, 6) is 1.41. The minimum atomic E-state index is 0.238. The SMILES string of the molecule is CC(CO)C(C)NC1=NCCC1. The first-order valence-corrected chi connectivity index (χ1v) is 4.64. The molecule has 2 atom stereocenters. The summed E-state index contributed by atoms with van der Waals surface area (Å²) < 4.78 is 0. The van der Waals surface area contributed by atoms with Crippen LogP contribution in [-0.4, -0.2) is 30.1 Å². The summed E-state index contributed by atoms with van der Waals surface area (Å²) in [6.07, 6.45) is 2.24. The van der Waals surface area contributed by atoms with Crippen molar-refractivity contribution in [2.24, 2.45) is 10.9 Å². The third-order valence-corrected chi connectivity index (χ3v) is 2.41. The molecule has 0 saturated heterocycles. The lowest BCUT2D eigenvalue weighted by molar-refractivity contribution is 0.215. The van der Waals surface area contributed by atoms with E-state index in [-0.39, 0.29) is 6.61 Å². The van der Waals surface area contributed by atoms with Gasteiger partial charge in [-0.1, -0.05) is 6.92 Å². The van der Waals surface area contributed by atoms with E-state index in [9.17, 15) is 0 Å². The van der Waals surface area contributed by atoms with Crippen molar-refractivity contribution in [3.8, 4) is 0 Å². The topological polar surface area (TPSA) is 44.6 Å². The average Bonchev–Trinajstić information content (AvgIpc) is 2.55. The van der Waals surface area contributed by atoms with Crippen molar-refractivity contribution in [1.29, 1.82) is 0 Å². The van der Waals surface area contributed by atoms with Crippen molar-refractivity contribution < 1.29 is 5.11 Å². The Hall–Kier alpha value is -0.570. The summed E-state index contributed by atoms with van der Waals surface area (Å²) in [5, 5.41) is 12.2. The molecule has 0 fully saturated rings. The van der Waals surface area contributed by atoms with Gasteiger partial charge in [0.05, 0.1) is 5.84 Å². The fraction of sp³-hybridized carbons (Fsp3) is 0.889. The van der Waals surface area contributed by atoms with Crippen LogP contribution in [0, 0.1) is 5.92 Å². The molecule has 3 heteroatoms. The van der Waals surface area contributed by atoms with Crippen molar-refractivity contribution in [1.82, 2.24) is 5.32 Å². The van der Waals surface area contributed by atoms with Crippen LogP contribution < -0.4 is 5.32 Å². The number of aliphatic imine (C=N–C) groups is 1. The minimum Gasteiger partial charge on any atom is -0.396 e. The standard InChI is InChI=1S/C9H18N2O/c1-7(6-12)8(2)11-9-4-3-5-10-9/h7-8,12H,3-6H2,1-2H3,(H,10,11). The van der Waals surface area contributed by atoms with Crippen LogP contribution in [0.5, 0.6) is 0 Å². The molecule has 1 rings (SSSR count). The molecule has 70 valence electrons. The van der Waals surface area contributed by atoms with Gasteiger partial charge in [-0.15, -0.1) is 0 Å². The zero-order chi connectivity index (χ0) is 8.97. The van der Waals surface area contributed by atoms with Crippen LogP contribution in [0.4, 0.5) is 0 Å². The minimum absolute atomic E-state index is 0.238. The summed E-state index contributed by atoms with van der Waals surface area (Å²) in [5.41, 5.74) is 0. The maximum absolute atomic E-state index is 8.90. The lowest BCUT2D eigenvalue weighted by Crippen LogP contribution is -2.37. The van der Waals surface area contributed by atoms with E-state index in [0.717, 1.165) is 18.8 Å². The number of nitrogens with zero attached hydrogens (tertiary/aromatic N) is 1. The monoisotopic (exact) mass is 170 g/mol. The number of aliphatic hydroxyl groups is 1. The molecule has 2 unspecified atom stereocenters. The smallest absolute Gasteiger partial charge is 0.0965 e. The van der Waals surface area contributed by atoms with Crippen LogP contribution in [0.1, 0.15) is 26.7 Å². The Balaban J connectivity index is 2.29. The van der Waals surface area contributed by atoms with Crippen LogP contribution in [0.25, 0.3) is 0 Å². The Bertz CT molecular complexity index is 168. The van der Waals surface area contributed by atoms with E-state index in [1.165, 1.54) is 6.42 Å². The molecule has 12 heavy (non-hydrogen) atoms. The molecule has 0 aromatic carbocycles. The summed E-state index contributed by atoms with van der Waals surface area (Å²) in [6, 6.07) is 0.326. The fourth-order valence-electron chi connectivity index (χ4n) is 1.22. The van der Waals surface area contributed by atoms with Crippen LogP contribution in [0.15, 0.2) is 4.99 Å². The maximum atomic E-state index is 8.90. The third kappa shape index (κ3) is 2.48. The molecule has 1 aliphatic heterocycles. The van der Waals surface area contributed by atoms with Gasteiger partial charge in [0.1, 0.15) is 0 Å². The Morgan fingerprint density at radius 2 is 2.33 bits per heavy atom. The van der Waals surface area contributed by atoms with Gasteiger partial charge >= 0.3 is 0 Å². The Morgan fingerprint density at radius 1 is 1.58 bits per heavy atom. The second-order valence-corrected chi connectivity index (χ2v) is 3.52. The fourth-order valence-corrected chi connectivity index (χ4v) is 1.22. The molecule has 0 radical (unpaired) electrons. The van der Waals surface area contributed by atoms with E-state index in [4.69, 9.17) is 5.11 Å². The highest BCUT2D eigenvalue weighted by Gasteiger charge is 2.14. The zero-order valence-corrected chi connectivity index (χ0v) is 7.88. The second kappa shape index (κ2) is 4.45. The maximum Gasteiger partial charge on any atom is 0.0965 e.